The summed E-state index contributed by atoms with van der Waals surface area (Å²) in [6.45, 7) is 13.6. The smallest absolute Gasteiger partial charge is 0.268 e. The van der Waals surface area contributed by atoms with Gasteiger partial charge < -0.3 is 23.6 Å². The Bertz CT molecular complexity index is 1920. The Balaban J connectivity index is 1.58. The van der Waals surface area contributed by atoms with Gasteiger partial charge in [0.05, 0.1) is 30.0 Å². The second-order valence-electron chi connectivity index (χ2n) is 13.2. The van der Waals surface area contributed by atoms with Gasteiger partial charge in [-0.3, -0.25) is 0 Å². The molecule has 0 radical (unpaired) electrons. The number of aliphatic hydroxyl groups is 1. The molecular weight excluding hydrogens is 629 g/mol. The van der Waals surface area contributed by atoms with Gasteiger partial charge in [-0.15, -0.1) is 0 Å². The number of hydrogen-bond donors (Lipinski definition) is 1. The Morgan fingerprint density at radius 3 is 2.23 bits per heavy atom. The number of nitrogens with zero attached hydrogens (tertiary/aromatic N) is 2. The molecule has 1 atom stereocenters. The normalized spacial score (nSPS) is 13.0. The number of aryl methyl sites for hydroxylation is 1. The minimum atomic E-state index is -4.09. The van der Waals surface area contributed by atoms with Crippen LogP contribution in [0.1, 0.15) is 55.0 Å². The van der Waals surface area contributed by atoms with Crippen LogP contribution < -0.4 is 9.47 Å². The number of rotatable bonds is 12. The van der Waals surface area contributed by atoms with E-state index in [4.69, 9.17) is 13.9 Å². The molecule has 1 unspecified atom stereocenters. The summed E-state index contributed by atoms with van der Waals surface area (Å²) >= 11 is 0. The molecule has 0 spiro atoms. The second-order valence-corrected chi connectivity index (χ2v) is 19.8. The van der Waals surface area contributed by atoms with E-state index in [0.717, 1.165) is 20.8 Å². The van der Waals surface area contributed by atoms with Crippen molar-refractivity contribution in [3.8, 4) is 17.2 Å². The summed E-state index contributed by atoms with van der Waals surface area (Å²) < 4.78 is 49.6. The number of methoxy groups -OCH3 is 1. The van der Waals surface area contributed by atoms with E-state index in [2.05, 4.69) is 33.9 Å². The van der Waals surface area contributed by atoms with Gasteiger partial charge in [0.2, 0.25) is 0 Å². The maximum absolute atomic E-state index is 14.1. The maximum Gasteiger partial charge on any atom is 0.268 e. The quantitative estimate of drug-likeness (QED) is 0.135. The fraction of sp³-hybridized carbons (Fsp3) is 0.297. The molecule has 0 aliphatic rings. The zero-order valence-corrected chi connectivity index (χ0v) is 29.9. The Labute approximate surface area is 279 Å². The maximum atomic E-state index is 14.1. The van der Waals surface area contributed by atoms with Crippen LogP contribution in [0.4, 0.5) is 0 Å². The highest BCUT2D eigenvalue weighted by atomic mass is 32.2. The Morgan fingerprint density at radius 1 is 0.872 bits per heavy atom. The highest BCUT2D eigenvalue weighted by Gasteiger charge is 2.37. The van der Waals surface area contributed by atoms with Crippen molar-refractivity contribution in [1.82, 2.24) is 8.54 Å². The zero-order chi connectivity index (χ0) is 34.0. The van der Waals surface area contributed by atoms with Gasteiger partial charge in [0.15, 0.2) is 8.32 Å². The van der Waals surface area contributed by atoms with E-state index in [1.54, 1.807) is 48.5 Å². The van der Waals surface area contributed by atoms with Gasteiger partial charge in [0.25, 0.3) is 10.0 Å². The van der Waals surface area contributed by atoms with Crippen molar-refractivity contribution in [3.05, 3.63) is 131 Å². The van der Waals surface area contributed by atoms with Crippen molar-refractivity contribution >= 4 is 18.3 Å². The standard InChI is InChI=1S/C37H44N2O6SSi/c1-27-15-18-31(19-16-27)46(41,42)39-23-21-33(38-22-11-14-29(38)26-45-47(6,7)37(2,3)4)35(39)36(40)32-20-17-30(24-34(32)43-5)44-25-28-12-9-8-10-13-28/h8-24,36,40H,25-26H2,1-7H3. The third-order valence-electron chi connectivity index (χ3n) is 8.93. The predicted octanol–water partition coefficient (Wildman–Crippen LogP) is 8.02. The van der Waals surface area contributed by atoms with E-state index in [1.807, 2.05) is 60.2 Å². The lowest BCUT2D eigenvalue weighted by Gasteiger charge is -2.36. The van der Waals surface area contributed by atoms with E-state index in [-0.39, 0.29) is 15.6 Å². The molecule has 1 N–H and O–H groups in total. The van der Waals surface area contributed by atoms with E-state index >= 15 is 0 Å². The molecule has 0 bridgehead atoms. The predicted molar refractivity (Wildman–Crippen MR) is 187 cm³/mol. The fourth-order valence-electron chi connectivity index (χ4n) is 5.05. The zero-order valence-electron chi connectivity index (χ0n) is 28.1. The van der Waals surface area contributed by atoms with E-state index < -0.39 is 24.4 Å². The molecule has 5 aromatic rings. The van der Waals surface area contributed by atoms with Crippen LogP contribution in [-0.4, -0.2) is 37.5 Å². The molecule has 248 valence electrons. The molecule has 0 amide bonds. The summed E-state index contributed by atoms with van der Waals surface area (Å²) in [6, 6.07) is 27.2. The third kappa shape index (κ3) is 7.26. The van der Waals surface area contributed by atoms with Gasteiger partial charge >= 0.3 is 0 Å². The monoisotopic (exact) mass is 672 g/mol. The van der Waals surface area contributed by atoms with Gasteiger partial charge in [0.1, 0.15) is 24.2 Å². The average molecular weight is 673 g/mol. The number of benzene rings is 3. The molecule has 0 aliphatic carbocycles. The molecule has 0 fully saturated rings. The summed E-state index contributed by atoms with van der Waals surface area (Å²) in [4.78, 5) is 0.115. The number of ether oxygens (including phenoxy) is 2. The summed E-state index contributed by atoms with van der Waals surface area (Å²) in [5.41, 5.74) is 3.87. The van der Waals surface area contributed by atoms with Crippen molar-refractivity contribution in [2.24, 2.45) is 0 Å². The van der Waals surface area contributed by atoms with Gasteiger partial charge in [-0.1, -0.05) is 68.8 Å². The minimum absolute atomic E-state index is 0.0186. The van der Waals surface area contributed by atoms with Crippen LogP contribution in [0, 0.1) is 6.92 Å². The summed E-state index contributed by atoms with van der Waals surface area (Å²) in [5, 5.41) is 12.1. The van der Waals surface area contributed by atoms with Crippen LogP contribution in [0.5, 0.6) is 11.5 Å². The SMILES string of the molecule is COc1cc(OCc2ccccc2)ccc1C(O)c1c(-n2cccc2CO[Si](C)(C)C(C)(C)C)ccn1S(=O)(=O)c1ccc(C)cc1. The highest BCUT2D eigenvalue weighted by molar-refractivity contribution is 7.90. The van der Waals surface area contributed by atoms with Crippen LogP contribution in [0.2, 0.25) is 18.1 Å². The molecule has 10 heteroatoms. The Morgan fingerprint density at radius 2 is 1.57 bits per heavy atom. The largest absolute Gasteiger partial charge is 0.496 e. The summed E-state index contributed by atoms with van der Waals surface area (Å²) in [6.07, 6.45) is 1.97. The van der Waals surface area contributed by atoms with Crippen LogP contribution in [0.15, 0.2) is 108 Å². The number of aromatic nitrogens is 2. The van der Waals surface area contributed by atoms with Crippen LogP contribution >= 0.6 is 0 Å². The summed E-state index contributed by atoms with van der Waals surface area (Å²) in [7, 11) is -4.66. The van der Waals surface area contributed by atoms with E-state index in [1.165, 1.54) is 13.3 Å². The van der Waals surface area contributed by atoms with Crippen molar-refractivity contribution in [3.63, 3.8) is 0 Å². The topological polar surface area (TPSA) is 91.9 Å². The molecule has 0 saturated carbocycles. The Hall–Kier alpha value is -4.09. The van der Waals surface area contributed by atoms with Crippen molar-refractivity contribution in [2.45, 2.75) is 70.0 Å². The Kier molecular flexibility index (Phi) is 9.88. The van der Waals surface area contributed by atoms with Crippen LogP contribution in [0.25, 0.3) is 5.69 Å². The molecule has 0 saturated heterocycles. The first-order chi connectivity index (χ1) is 22.2. The molecule has 8 nitrogen and oxygen atoms in total. The molecule has 5 rings (SSSR count). The average Bonchev–Trinajstić information content (AvgIpc) is 3.70. The first-order valence-corrected chi connectivity index (χ1v) is 19.9. The van der Waals surface area contributed by atoms with Gasteiger partial charge in [-0.05, 0) is 73.1 Å². The van der Waals surface area contributed by atoms with Gasteiger partial charge in [-0.2, -0.15) is 0 Å². The number of aliphatic hydroxyl groups excluding tert-OH is 1. The van der Waals surface area contributed by atoms with E-state index in [0.29, 0.717) is 36.0 Å². The number of hydrogen-bond acceptors (Lipinski definition) is 6. The van der Waals surface area contributed by atoms with Crippen molar-refractivity contribution in [2.75, 3.05) is 7.11 Å². The molecule has 47 heavy (non-hydrogen) atoms. The lowest BCUT2D eigenvalue weighted by molar-refractivity contribution is 0.208. The lowest BCUT2D eigenvalue weighted by atomic mass is 10.0. The highest BCUT2D eigenvalue weighted by Crippen LogP contribution is 2.39. The molecule has 2 aromatic heterocycles. The molecule has 0 aliphatic heterocycles. The minimum Gasteiger partial charge on any atom is -0.496 e. The van der Waals surface area contributed by atoms with Crippen molar-refractivity contribution in [1.29, 1.82) is 0 Å². The first-order valence-electron chi connectivity index (χ1n) is 15.6. The van der Waals surface area contributed by atoms with Crippen LogP contribution in [-0.2, 0) is 27.7 Å². The second kappa shape index (κ2) is 13.6. The first kappa shape index (κ1) is 34.2. The summed E-state index contributed by atoms with van der Waals surface area (Å²) in [5.74, 6) is 0.920. The molecular formula is C37H44N2O6SSi. The van der Waals surface area contributed by atoms with Crippen molar-refractivity contribution < 1.29 is 27.4 Å². The fourth-order valence-corrected chi connectivity index (χ4v) is 7.37. The molecule has 3 aromatic carbocycles. The van der Waals surface area contributed by atoms with Crippen LogP contribution in [0.3, 0.4) is 0 Å². The van der Waals surface area contributed by atoms with E-state index in [9.17, 15) is 13.5 Å². The van der Waals surface area contributed by atoms with Gasteiger partial charge in [-0.25, -0.2) is 12.4 Å². The molecule has 2 heterocycles. The van der Waals surface area contributed by atoms with Gasteiger partial charge in [0, 0.05) is 29.7 Å². The lowest BCUT2D eigenvalue weighted by Crippen LogP contribution is -2.40. The third-order valence-corrected chi connectivity index (χ3v) is 15.1.